The molecule has 262 valence electrons. The molecular weight excluding hydrogens is 657 g/mol. The number of nitrogens with one attached hydrogen (secondary N) is 1. The van der Waals surface area contributed by atoms with E-state index in [9.17, 15) is 37.1 Å². The van der Waals surface area contributed by atoms with Crippen molar-refractivity contribution in [1.29, 1.82) is 0 Å². The van der Waals surface area contributed by atoms with Gasteiger partial charge in [0.1, 0.15) is 17.7 Å². The van der Waals surface area contributed by atoms with Crippen molar-refractivity contribution in [3.05, 3.63) is 122 Å². The van der Waals surface area contributed by atoms with Gasteiger partial charge in [-0.25, -0.2) is 8.78 Å². The van der Waals surface area contributed by atoms with Crippen LogP contribution in [-0.4, -0.2) is 26.5 Å². The lowest BCUT2D eigenvalue weighted by Gasteiger charge is -2.27. The molecule has 4 rings (SSSR count). The van der Waals surface area contributed by atoms with Crippen LogP contribution in [0.4, 0.5) is 22.0 Å². The molecule has 2 N–H and O–H groups in total. The van der Waals surface area contributed by atoms with E-state index < -0.39 is 59.3 Å². The number of carboxylic acids is 1. The van der Waals surface area contributed by atoms with Crippen molar-refractivity contribution >= 4 is 11.9 Å². The molecule has 2 heterocycles. The summed E-state index contributed by atoms with van der Waals surface area (Å²) < 4.78 is 73.2. The lowest BCUT2D eigenvalue weighted by molar-refractivity contribution is -0.139. The predicted molar refractivity (Wildman–Crippen MR) is 178 cm³/mol. The van der Waals surface area contributed by atoms with Crippen LogP contribution < -0.4 is 10.9 Å². The summed E-state index contributed by atoms with van der Waals surface area (Å²) in [7, 11) is 0. The summed E-state index contributed by atoms with van der Waals surface area (Å²) in [6.07, 6.45) is 2.39. The average Bonchev–Trinajstić information content (AvgIpc) is 3.02. The van der Waals surface area contributed by atoms with Crippen molar-refractivity contribution in [1.82, 2.24) is 14.9 Å². The molecule has 0 fully saturated rings. The maximum absolute atomic E-state index is 15.9. The number of aromatic nitrogens is 2. The number of hydrogen-bond acceptors (Lipinski definition) is 4. The van der Waals surface area contributed by atoms with Gasteiger partial charge in [-0.15, -0.1) is 6.42 Å². The summed E-state index contributed by atoms with van der Waals surface area (Å²) in [5.74, 6) is -1.80. The van der Waals surface area contributed by atoms with Gasteiger partial charge in [-0.3, -0.25) is 19.4 Å². The molecule has 2 aromatic heterocycles. The Morgan fingerprint density at radius 3 is 2.28 bits per heavy atom. The van der Waals surface area contributed by atoms with Gasteiger partial charge in [-0.2, -0.15) is 13.2 Å². The van der Waals surface area contributed by atoms with Crippen LogP contribution in [0.3, 0.4) is 0 Å². The molecule has 0 aliphatic rings. The van der Waals surface area contributed by atoms with Gasteiger partial charge in [0.2, 0.25) is 5.91 Å². The quantitative estimate of drug-likeness (QED) is 0.118. The minimum absolute atomic E-state index is 0.0251. The number of nitrogens with zero attached hydrogens (tertiary/aromatic N) is 2. The highest BCUT2D eigenvalue weighted by Gasteiger charge is 2.36. The van der Waals surface area contributed by atoms with E-state index in [0.29, 0.717) is 34.0 Å². The van der Waals surface area contributed by atoms with Crippen molar-refractivity contribution in [2.45, 2.75) is 71.6 Å². The van der Waals surface area contributed by atoms with Gasteiger partial charge in [0.15, 0.2) is 0 Å². The molecule has 0 saturated carbocycles. The van der Waals surface area contributed by atoms with E-state index in [1.165, 1.54) is 30.5 Å². The molecule has 0 aliphatic carbocycles. The molecule has 0 spiro atoms. The summed E-state index contributed by atoms with van der Waals surface area (Å²) in [4.78, 5) is 43.5. The van der Waals surface area contributed by atoms with Crippen molar-refractivity contribution in [2.75, 3.05) is 0 Å². The molecule has 2 atom stereocenters. The van der Waals surface area contributed by atoms with Crippen LogP contribution >= 0.6 is 0 Å². The number of aliphatic carboxylic acids is 1. The highest BCUT2D eigenvalue weighted by atomic mass is 19.4. The Bertz CT molecular complexity index is 1980. The smallest absolute Gasteiger partial charge is 0.416 e. The largest absolute Gasteiger partial charge is 0.481 e. The topological polar surface area (TPSA) is 101 Å². The van der Waals surface area contributed by atoms with Crippen LogP contribution in [-0.2, 0) is 28.6 Å². The number of halogens is 5. The second-order valence-electron chi connectivity index (χ2n) is 12.6. The first-order chi connectivity index (χ1) is 23.5. The number of hydrogen-bond donors (Lipinski definition) is 2. The van der Waals surface area contributed by atoms with Crippen LogP contribution in [0.1, 0.15) is 77.8 Å². The number of amides is 1. The molecule has 0 aliphatic heterocycles. The molecule has 7 nitrogen and oxygen atoms in total. The van der Waals surface area contributed by atoms with Gasteiger partial charge < -0.3 is 15.0 Å². The third kappa shape index (κ3) is 8.83. The molecule has 0 unspecified atom stereocenters. The number of carbonyl (C=O) groups excluding carboxylic acids is 1. The molecule has 0 saturated heterocycles. The number of carbonyl (C=O) groups is 2. The molecule has 12 heteroatoms. The van der Waals surface area contributed by atoms with E-state index >= 15 is 4.39 Å². The summed E-state index contributed by atoms with van der Waals surface area (Å²) >= 11 is 0. The summed E-state index contributed by atoms with van der Waals surface area (Å²) in [5.41, 5.74) is -0.593. The zero-order chi connectivity index (χ0) is 36.9. The Balaban J connectivity index is 1.81. The third-order valence-corrected chi connectivity index (χ3v) is 8.29. The Kier molecular flexibility index (Phi) is 11.6. The van der Waals surface area contributed by atoms with Gasteiger partial charge in [-0.05, 0) is 103 Å². The van der Waals surface area contributed by atoms with Crippen LogP contribution in [0.25, 0.3) is 11.1 Å². The number of benzene rings is 2. The lowest BCUT2D eigenvalue weighted by Crippen LogP contribution is -2.40. The zero-order valence-corrected chi connectivity index (χ0v) is 27.9. The summed E-state index contributed by atoms with van der Waals surface area (Å²) in [6.45, 7) is 6.76. The lowest BCUT2D eigenvalue weighted by atomic mass is 9.90. The van der Waals surface area contributed by atoms with Gasteiger partial charge in [0.05, 0.1) is 23.6 Å². The Morgan fingerprint density at radius 2 is 1.72 bits per heavy atom. The first-order valence-electron chi connectivity index (χ1n) is 15.8. The third-order valence-electron chi connectivity index (χ3n) is 8.29. The number of pyridine rings is 2. The minimum Gasteiger partial charge on any atom is -0.481 e. The second kappa shape index (κ2) is 15.5. The maximum atomic E-state index is 15.9. The highest BCUT2D eigenvalue weighted by Crippen LogP contribution is 2.35. The van der Waals surface area contributed by atoms with Crippen LogP contribution in [0, 0.1) is 43.7 Å². The molecule has 0 radical (unpaired) electrons. The van der Waals surface area contributed by atoms with Crippen molar-refractivity contribution < 1.29 is 36.6 Å². The monoisotopic (exact) mass is 693 g/mol. The van der Waals surface area contributed by atoms with E-state index in [-0.39, 0.29) is 41.9 Å². The zero-order valence-electron chi connectivity index (χ0n) is 27.9. The van der Waals surface area contributed by atoms with Gasteiger partial charge >= 0.3 is 12.1 Å². The predicted octanol–water partition coefficient (Wildman–Crippen LogP) is 7.51. The molecule has 0 bridgehead atoms. The Morgan fingerprint density at radius 1 is 1.04 bits per heavy atom. The van der Waals surface area contributed by atoms with E-state index in [4.69, 9.17) is 6.42 Å². The normalized spacial score (nSPS) is 12.7. The summed E-state index contributed by atoms with van der Waals surface area (Å²) in [6, 6.07) is 7.79. The van der Waals surface area contributed by atoms with Gasteiger partial charge in [0, 0.05) is 29.7 Å². The van der Waals surface area contributed by atoms with Crippen molar-refractivity contribution in [2.24, 2.45) is 5.92 Å². The van der Waals surface area contributed by atoms with E-state index in [1.807, 2.05) is 0 Å². The number of carboxylic acid groups (broad SMARTS) is 1. The molecule has 1 amide bonds. The van der Waals surface area contributed by atoms with Crippen LogP contribution in [0.15, 0.2) is 65.7 Å². The average molecular weight is 694 g/mol. The van der Waals surface area contributed by atoms with Crippen LogP contribution in [0.2, 0.25) is 0 Å². The fraction of sp³-hybridized carbons (Fsp3) is 0.316. The molecule has 2 aromatic carbocycles. The SMILES string of the molecule is C#Cc1cc(-c2c(C)cc(F)cc2C)cc([C@H](CC(=O)O)NC(=O)[C@H](CC(C)C)n2cc(CCc3ccccn3)c(C(F)(F)F)cc2=O)c1F. The molecular formula is C38H36F5N3O4. The number of aryl methyl sites for hydroxylation is 4. The Labute approximate surface area is 286 Å². The fourth-order valence-corrected chi connectivity index (χ4v) is 6.10. The number of alkyl halides is 3. The summed E-state index contributed by atoms with van der Waals surface area (Å²) in [5, 5.41) is 12.3. The second-order valence-corrected chi connectivity index (χ2v) is 12.6. The van der Waals surface area contributed by atoms with Crippen molar-refractivity contribution in [3.63, 3.8) is 0 Å². The first kappa shape index (κ1) is 37.5. The van der Waals surface area contributed by atoms with Gasteiger partial charge in [-0.1, -0.05) is 25.8 Å². The first-order valence-corrected chi connectivity index (χ1v) is 15.8. The standard InChI is InChI=1S/C38H36F5N3O4/c1-6-24-16-26(35-22(4)14-27(39)15-23(35)5)17-29(36(24)40)31(19-34(48)49)45-37(50)32(13-21(2)3)46-20-25(10-11-28-9-7-8-12-44-28)30(18-33(46)47)38(41,42)43/h1,7-9,12,14-18,20-21,31-32H,10-11,13,19H2,2-5H3,(H,45,50)(H,48,49)/t31-,32-/m0/s1. The minimum atomic E-state index is -4.86. The maximum Gasteiger partial charge on any atom is 0.416 e. The van der Waals surface area contributed by atoms with E-state index in [1.54, 1.807) is 45.9 Å². The fourth-order valence-electron chi connectivity index (χ4n) is 6.10. The van der Waals surface area contributed by atoms with Gasteiger partial charge in [0.25, 0.3) is 5.56 Å². The molecule has 50 heavy (non-hydrogen) atoms. The number of rotatable bonds is 12. The number of terminal acetylenes is 1. The van der Waals surface area contributed by atoms with Crippen molar-refractivity contribution in [3.8, 4) is 23.5 Å². The highest BCUT2D eigenvalue weighted by molar-refractivity contribution is 5.82. The Hall–Kier alpha value is -5.31. The van der Waals surface area contributed by atoms with E-state index in [0.717, 1.165) is 10.8 Å². The molecule has 4 aromatic rings. The van der Waals surface area contributed by atoms with Crippen LogP contribution in [0.5, 0.6) is 0 Å². The van der Waals surface area contributed by atoms with E-state index in [2.05, 4.69) is 16.2 Å².